The summed E-state index contributed by atoms with van der Waals surface area (Å²) in [6.07, 6.45) is 5.24. The molecule has 6 heteroatoms. The molecule has 4 rings (SSSR count). The molecular weight excluding hydrogens is 378 g/mol. The van der Waals surface area contributed by atoms with Crippen LogP contribution in [0, 0.1) is 0 Å². The number of hydrogen-bond acceptors (Lipinski definition) is 4. The number of rotatable bonds is 7. The molecule has 0 spiro atoms. The van der Waals surface area contributed by atoms with Crippen LogP contribution in [0.2, 0.25) is 0 Å². The van der Waals surface area contributed by atoms with Crippen molar-refractivity contribution < 1.29 is 14.3 Å². The number of methoxy groups -OCH3 is 1. The van der Waals surface area contributed by atoms with Crippen LogP contribution in [-0.4, -0.2) is 29.2 Å². The minimum absolute atomic E-state index is 0.124. The molecule has 1 aromatic heterocycles. The average Bonchev–Trinajstić information content (AvgIpc) is 3.34. The van der Waals surface area contributed by atoms with Crippen LogP contribution in [0.3, 0.4) is 0 Å². The van der Waals surface area contributed by atoms with Crippen LogP contribution in [0.4, 0.5) is 5.69 Å². The summed E-state index contributed by atoms with van der Waals surface area (Å²) in [6.45, 7) is -0.124. The van der Waals surface area contributed by atoms with Gasteiger partial charge in [-0.25, -0.2) is 4.98 Å². The van der Waals surface area contributed by atoms with Crippen molar-refractivity contribution in [2.45, 2.75) is 0 Å². The van der Waals surface area contributed by atoms with E-state index < -0.39 is 0 Å². The van der Waals surface area contributed by atoms with E-state index in [1.807, 2.05) is 77.5 Å². The van der Waals surface area contributed by atoms with Crippen LogP contribution in [-0.2, 0) is 4.79 Å². The molecule has 0 aliphatic rings. The molecule has 1 amide bonds. The van der Waals surface area contributed by atoms with Gasteiger partial charge in [0.2, 0.25) is 0 Å². The second-order valence-corrected chi connectivity index (χ2v) is 6.59. The fourth-order valence-electron chi connectivity index (χ4n) is 3.06. The van der Waals surface area contributed by atoms with Crippen molar-refractivity contribution in [1.82, 2.24) is 9.55 Å². The smallest absolute Gasteiger partial charge is 0.262 e. The maximum atomic E-state index is 12.3. The number of amides is 1. The lowest BCUT2D eigenvalue weighted by Crippen LogP contribution is -2.20. The van der Waals surface area contributed by atoms with Crippen molar-refractivity contribution in [2.24, 2.45) is 0 Å². The predicted octanol–water partition coefficient (Wildman–Crippen LogP) is 4.57. The Morgan fingerprint density at radius 3 is 2.43 bits per heavy atom. The summed E-state index contributed by atoms with van der Waals surface area (Å²) in [7, 11) is 1.56. The van der Waals surface area contributed by atoms with Gasteiger partial charge in [0.25, 0.3) is 5.91 Å². The minimum atomic E-state index is -0.247. The van der Waals surface area contributed by atoms with E-state index in [0.29, 0.717) is 17.2 Å². The Bertz CT molecular complexity index is 1110. The Kier molecular flexibility index (Phi) is 5.75. The van der Waals surface area contributed by atoms with Crippen molar-refractivity contribution in [3.05, 3.63) is 91.5 Å². The molecule has 4 aromatic rings. The molecule has 0 atom stereocenters. The van der Waals surface area contributed by atoms with Gasteiger partial charge in [0.15, 0.2) is 18.1 Å². The number of carbonyl (C=O) groups excluding carboxylic acids is 1. The Morgan fingerprint density at radius 1 is 0.967 bits per heavy atom. The topological polar surface area (TPSA) is 65.4 Å². The molecule has 0 fully saturated rings. The van der Waals surface area contributed by atoms with Gasteiger partial charge in [0.05, 0.1) is 19.1 Å². The second-order valence-electron chi connectivity index (χ2n) is 6.59. The Morgan fingerprint density at radius 2 is 1.73 bits per heavy atom. The van der Waals surface area contributed by atoms with Crippen molar-refractivity contribution >= 4 is 11.6 Å². The monoisotopic (exact) mass is 399 g/mol. The summed E-state index contributed by atoms with van der Waals surface area (Å²) >= 11 is 0. The van der Waals surface area contributed by atoms with Gasteiger partial charge in [0.1, 0.15) is 0 Å². The molecule has 0 aliphatic heterocycles. The fourth-order valence-corrected chi connectivity index (χ4v) is 3.06. The number of carbonyl (C=O) groups is 1. The number of aromatic nitrogens is 2. The van der Waals surface area contributed by atoms with Gasteiger partial charge in [-0.1, -0.05) is 42.5 Å². The van der Waals surface area contributed by atoms with Crippen LogP contribution < -0.4 is 14.8 Å². The van der Waals surface area contributed by atoms with Gasteiger partial charge < -0.3 is 19.4 Å². The normalized spacial score (nSPS) is 10.4. The SMILES string of the molecule is COc1cc(-n2ccnc2)ccc1OCC(=O)Nc1ccc(-c2ccccc2)cc1. The molecule has 1 heterocycles. The molecular formula is C24H21N3O3. The maximum absolute atomic E-state index is 12.3. The quantitative estimate of drug-likeness (QED) is 0.495. The molecule has 30 heavy (non-hydrogen) atoms. The van der Waals surface area contributed by atoms with Gasteiger partial charge in [-0.2, -0.15) is 0 Å². The fraction of sp³-hybridized carbons (Fsp3) is 0.0833. The molecule has 0 saturated heterocycles. The molecule has 0 bridgehead atoms. The van der Waals surface area contributed by atoms with E-state index in [2.05, 4.69) is 10.3 Å². The van der Waals surface area contributed by atoms with Crippen LogP contribution in [0.1, 0.15) is 0 Å². The summed E-state index contributed by atoms with van der Waals surface area (Å²) in [6, 6.07) is 23.3. The summed E-state index contributed by atoms with van der Waals surface area (Å²) in [5, 5.41) is 2.84. The van der Waals surface area contributed by atoms with Crippen LogP contribution in [0.5, 0.6) is 11.5 Å². The third kappa shape index (κ3) is 4.50. The lowest BCUT2D eigenvalue weighted by Gasteiger charge is -2.13. The predicted molar refractivity (Wildman–Crippen MR) is 116 cm³/mol. The van der Waals surface area contributed by atoms with E-state index >= 15 is 0 Å². The third-order valence-electron chi connectivity index (χ3n) is 4.58. The lowest BCUT2D eigenvalue weighted by molar-refractivity contribution is -0.118. The summed E-state index contributed by atoms with van der Waals surface area (Å²) < 4.78 is 12.9. The minimum Gasteiger partial charge on any atom is -0.493 e. The van der Waals surface area contributed by atoms with E-state index in [-0.39, 0.29) is 12.5 Å². The zero-order valence-electron chi connectivity index (χ0n) is 16.5. The lowest BCUT2D eigenvalue weighted by atomic mass is 10.1. The van der Waals surface area contributed by atoms with Crippen molar-refractivity contribution in [2.75, 3.05) is 19.0 Å². The van der Waals surface area contributed by atoms with E-state index in [1.54, 1.807) is 25.7 Å². The summed E-state index contributed by atoms with van der Waals surface area (Å²) in [5.41, 5.74) is 3.82. The number of imidazole rings is 1. The van der Waals surface area contributed by atoms with E-state index in [4.69, 9.17) is 9.47 Å². The van der Waals surface area contributed by atoms with Crippen molar-refractivity contribution in [3.8, 4) is 28.3 Å². The molecule has 0 aliphatic carbocycles. The highest BCUT2D eigenvalue weighted by molar-refractivity contribution is 5.92. The highest BCUT2D eigenvalue weighted by Crippen LogP contribution is 2.29. The van der Waals surface area contributed by atoms with E-state index in [1.165, 1.54) is 0 Å². The summed E-state index contributed by atoms with van der Waals surface area (Å²) in [5.74, 6) is 0.792. The van der Waals surface area contributed by atoms with Crippen LogP contribution >= 0.6 is 0 Å². The van der Waals surface area contributed by atoms with Gasteiger partial charge in [-0.15, -0.1) is 0 Å². The molecule has 3 aromatic carbocycles. The Balaban J connectivity index is 1.37. The molecule has 0 saturated carbocycles. The summed E-state index contributed by atoms with van der Waals surface area (Å²) in [4.78, 5) is 16.3. The highest BCUT2D eigenvalue weighted by Gasteiger charge is 2.10. The standard InChI is InChI=1S/C24H21N3O3/c1-29-23-15-21(27-14-13-25-17-27)11-12-22(23)30-16-24(28)26-20-9-7-19(8-10-20)18-5-3-2-4-6-18/h2-15,17H,16H2,1H3,(H,26,28). The number of nitrogens with one attached hydrogen (secondary N) is 1. The van der Waals surface area contributed by atoms with E-state index in [9.17, 15) is 4.79 Å². The van der Waals surface area contributed by atoms with Gasteiger partial charge >= 0.3 is 0 Å². The average molecular weight is 399 g/mol. The van der Waals surface area contributed by atoms with Gasteiger partial charge in [0, 0.05) is 24.1 Å². The van der Waals surface area contributed by atoms with E-state index in [0.717, 1.165) is 16.8 Å². The Hall–Kier alpha value is -4.06. The molecule has 0 unspecified atom stereocenters. The first-order chi connectivity index (χ1) is 14.7. The van der Waals surface area contributed by atoms with Crippen molar-refractivity contribution in [1.29, 1.82) is 0 Å². The third-order valence-corrected chi connectivity index (χ3v) is 4.58. The second kappa shape index (κ2) is 8.96. The largest absolute Gasteiger partial charge is 0.493 e. The molecule has 6 nitrogen and oxygen atoms in total. The number of hydrogen-bond donors (Lipinski definition) is 1. The highest BCUT2D eigenvalue weighted by atomic mass is 16.5. The first-order valence-electron chi connectivity index (χ1n) is 9.47. The number of anilines is 1. The number of benzene rings is 3. The first-order valence-corrected chi connectivity index (χ1v) is 9.47. The molecule has 150 valence electrons. The zero-order valence-corrected chi connectivity index (χ0v) is 16.5. The van der Waals surface area contributed by atoms with Crippen LogP contribution in [0.25, 0.3) is 16.8 Å². The first kappa shape index (κ1) is 19.3. The van der Waals surface area contributed by atoms with Gasteiger partial charge in [-0.05, 0) is 35.4 Å². The maximum Gasteiger partial charge on any atom is 0.262 e. The molecule has 1 N–H and O–H groups in total. The van der Waals surface area contributed by atoms with Crippen LogP contribution in [0.15, 0.2) is 91.5 Å². The molecule has 0 radical (unpaired) electrons. The van der Waals surface area contributed by atoms with Crippen molar-refractivity contribution in [3.63, 3.8) is 0 Å². The van der Waals surface area contributed by atoms with Gasteiger partial charge in [-0.3, -0.25) is 4.79 Å². The zero-order chi connectivity index (χ0) is 20.8. The number of nitrogens with zero attached hydrogens (tertiary/aromatic N) is 2. The number of ether oxygens (including phenoxy) is 2. The Labute approximate surface area is 174 Å².